The smallest absolute Gasteiger partial charge is 0.311 e. The van der Waals surface area contributed by atoms with Gasteiger partial charge in [-0.2, -0.15) is 0 Å². The molecule has 0 aliphatic heterocycles. The van der Waals surface area contributed by atoms with Crippen molar-refractivity contribution in [2.75, 3.05) is 18.5 Å². The number of hydrogen-bond donors (Lipinski definition) is 3. The maximum atomic E-state index is 14.5. The zero-order valence-electron chi connectivity index (χ0n) is 19.1. The number of nitrogens with one attached hydrogen (secondary N) is 2. The van der Waals surface area contributed by atoms with Crippen LogP contribution in [0.25, 0.3) is 0 Å². The van der Waals surface area contributed by atoms with Crippen molar-refractivity contribution in [3.05, 3.63) is 65.3 Å². The number of carboxylic acids is 1. The molecule has 0 saturated heterocycles. The van der Waals surface area contributed by atoms with E-state index >= 15 is 0 Å². The lowest BCUT2D eigenvalue weighted by Gasteiger charge is -2.30. The molecule has 2 aromatic rings. The molecule has 0 atom stereocenters. The number of aromatic nitrogens is 2. The van der Waals surface area contributed by atoms with Crippen LogP contribution in [0.1, 0.15) is 44.0 Å². The molecule has 34 heavy (non-hydrogen) atoms. The number of Topliss-reactive ketones (excluding diaryl/α,β-unsaturated/α-hetero) is 1. The lowest BCUT2D eigenvalue weighted by Crippen LogP contribution is -2.40. The highest BCUT2D eigenvalue weighted by Crippen LogP contribution is 2.39. The van der Waals surface area contributed by atoms with Crippen molar-refractivity contribution in [1.29, 1.82) is 5.41 Å². The van der Waals surface area contributed by atoms with Gasteiger partial charge in [-0.3, -0.25) is 15.0 Å². The molecule has 1 aliphatic rings. The Morgan fingerprint density at radius 2 is 1.91 bits per heavy atom. The first kappa shape index (κ1) is 24.9. The Balaban J connectivity index is 1.80. The van der Waals surface area contributed by atoms with E-state index in [-0.39, 0.29) is 41.9 Å². The summed E-state index contributed by atoms with van der Waals surface area (Å²) >= 11 is 0. The van der Waals surface area contributed by atoms with Gasteiger partial charge in [-0.05, 0) is 25.0 Å². The van der Waals surface area contributed by atoms with E-state index in [4.69, 9.17) is 5.41 Å². The highest BCUT2D eigenvalue weighted by molar-refractivity contribution is 6.09. The summed E-state index contributed by atoms with van der Waals surface area (Å²) in [6.07, 6.45) is 4.71. The van der Waals surface area contributed by atoms with Crippen LogP contribution in [-0.2, 0) is 16.1 Å². The van der Waals surface area contributed by atoms with Crippen molar-refractivity contribution in [1.82, 2.24) is 15.3 Å². The summed E-state index contributed by atoms with van der Waals surface area (Å²) < 4.78 is 28.4. The van der Waals surface area contributed by atoms with E-state index in [9.17, 15) is 23.5 Å². The molecule has 1 aliphatic carbocycles. The van der Waals surface area contributed by atoms with E-state index in [1.54, 1.807) is 25.2 Å². The van der Waals surface area contributed by atoms with Gasteiger partial charge >= 0.3 is 5.97 Å². The first-order valence-electron chi connectivity index (χ1n) is 10.9. The Kier molecular flexibility index (Phi) is 7.70. The summed E-state index contributed by atoms with van der Waals surface area (Å²) in [7, 11) is 1.55. The molecule has 0 spiro atoms. The van der Waals surface area contributed by atoms with E-state index < -0.39 is 23.0 Å². The summed E-state index contributed by atoms with van der Waals surface area (Å²) in [6, 6.07) is 6.11. The van der Waals surface area contributed by atoms with Gasteiger partial charge < -0.3 is 15.3 Å². The summed E-state index contributed by atoms with van der Waals surface area (Å²) in [4.78, 5) is 33.3. The molecule has 0 amide bonds. The largest absolute Gasteiger partial charge is 0.481 e. The summed E-state index contributed by atoms with van der Waals surface area (Å²) in [5.74, 6) is -2.74. The number of nitrogens with zero attached hydrogens (tertiary/aromatic N) is 3. The van der Waals surface area contributed by atoms with Crippen LogP contribution in [0.2, 0.25) is 0 Å². The maximum Gasteiger partial charge on any atom is 0.311 e. The highest BCUT2D eigenvalue weighted by Gasteiger charge is 2.42. The van der Waals surface area contributed by atoms with Gasteiger partial charge in [0, 0.05) is 32.6 Å². The third-order valence-corrected chi connectivity index (χ3v) is 5.98. The van der Waals surface area contributed by atoms with Crippen molar-refractivity contribution in [3.8, 4) is 0 Å². The minimum absolute atomic E-state index is 0.0287. The Bertz CT molecular complexity index is 1130. The van der Waals surface area contributed by atoms with E-state index in [2.05, 4.69) is 15.3 Å². The lowest BCUT2D eigenvalue weighted by atomic mass is 9.86. The molecule has 1 aromatic carbocycles. The van der Waals surface area contributed by atoms with Crippen LogP contribution in [0.5, 0.6) is 0 Å². The summed E-state index contributed by atoms with van der Waals surface area (Å²) in [5, 5.41) is 20.8. The quantitative estimate of drug-likeness (QED) is 0.359. The molecule has 180 valence electrons. The zero-order chi connectivity index (χ0) is 24.9. The van der Waals surface area contributed by atoms with Crippen molar-refractivity contribution < 1.29 is 23.5 Å². The van der Waals surface area contributed by atoms with Gasteiger partial charge in [0.2, 0.25) is 0 Å². The van der Waals surface area contributed by atoms with Crippen LogP contribution >= 0.6 is 0 Å². The average Bonchev–Trinajstić information content (AvgIpc) is 3.27. The van der Waals surface area contributed by atoms with Crippen LogP contribution in [0, 0.1) is 22.5 Å². The Morgan fingerprint density at radius 1 is 1.24 bits per heavy atom. The highest BCUT2D eigenvalue weighted by atomic mass is 19.1. The van der Waals surface area contributed by atoms with Gasteiger partial charge in [-0.15, -0.1) is 0 Å². The standard InChI is InChI=1S/C24H27F2N5O3/c1-15(32)20(28-12-16-7-3-4-8-17(16)25)11-19(27)21-29-13-18(26)22(30-21)31(2)14-24(23(33)34)9-5-6-10-24/h3-4,7-8,11,13,27-28H,5-6,9-10,12,14H2,1-2H3,(H,33,34)/b20-11-,27-19?. The van der Waals surface area contributed by atoms with E-state index in [0.717, 1.165) is 19.0 Å². The third-order valence-electron chi connectivity index (χ3n) is 5.98. The molecule has 8 nitrogen and oxygen atoms in total. The lowest BCUT2D eigenvalue weighted by molar-refractivity contribution is -0.148. The van der Waals surface area contributed by atoms with Crippen LogP contribution in [0.3, 0.4) is 0 Å². The second-order valence-corrected chi connectivity index (χ2v) is 8.49. The number of hydrogen-bond acceptors (Lipinski definition) is 7. The molecule has 0 bridgehead atoms. The molecule has 1 heterocycles. The number of halogens is 2. The molecule has 1 saturated carbocycles. The minimum Gasteiger partial charge on any atom is -0.481 e. The number of allylic oxidation sites excluding steroid dienone is 2. The molecule has 3 rings (SSSR count). The third kappa shape index (κ3) is 5.62. The van der Waals surface area contributed by atoms with Gasteiger partial charge in [0.15, 0.2) is 23.2 Å². The maximum absolute atomic E-state index is 14.5. The normalized spacial score (nSPS) is 15.1. The van der Waals surface area contributed by atoms with Gasteiger partial charge in [-0.1, -0.05) is 31.0 Å². The van der Waals surface area contributed by atoms with Crippen LogP contribution in [-0.4, -0.2) is 46.1 Å². The number of carbonyl (C=O) groups is 2. The van der Waals surface area contributed by atoms with Crippen molar-refractivity contribution in [2.45, 2.75) is 39.2 Å². The molecule has 1 aromatic heterocycles. The van der Waals surface area contributed by atoms with Gasteiger partial charge in [-0.25, -0.2) is 18.7 Å². The number of aliphatic carboxylic acids is 1. The second kappa shape index (κ2) is 10.5. The molecule has 10 heteroatoms. The van der Waals surface area contributed by atoms with Crippen molar-refractivity contribution in [3.63, 3.8) is 0 Å². The van der Waals surface area contributed by atoms with Gasteiger partial charge in [0.25, 0.3) is 0 Å². The number of carboxylic acid groups (broad SMARTS) is 1. The van der Waals surface area contributed by atoms with Crippen LogP contribution < -0.4 is 10.2 Å². The average molecular weight is 472 g/mol. The molecule has 1 fully saturated rings. The number of benzene rings is 1. The predicted molar refractivity (Wildman–Crippen MR) is 123 cm³/mol. The monoisotopic (exact) mass is 471 g/mol. The summed E-state index contributed by atoms with van der Waals surface area (Å²) in [5.41, 5.74) is -0.832. The SMILES string of the molecule is CC(=O)/C(=C/C(=N)c1ncc(F)c(N(C)CC2(C(=O)O)CCCC2)n1)NCc1ccccc1F. The minimum atomic E-state index is -0.974. The number of carbonyl (C=O) groups excluding carboxylic acids is 1. The molecule has 0 radical (unpaired) electrons. The molecular weight excluding hydrogens is 444 g/mol. The first-order chi connectivity index (χ1) is 16.1. The number of rotatable bonds is 10. The number of anilines is 1. The van der Waals surface area contributed by atoms with Crippen molar-refractivity contribution in [2.24, 2.45) is 5.41 Å². The first-order valence-corrected chi connectivity index (χ1v) is 10.9. The summed E-state index contributed by atoms with van der Waals surface area (Å²) in [6.45, 7) is 1.40. The van der Waals surface area contributed by atoms with Crippen molar-refractivity contribution >= 4 is 23.3 Å². The fourth-order valence-corrected chi connectivity index (χ4v) is 4.09. The van der Waals surface area contributed by atoms with Gasteiger partial charge in [0.05, 0.1) is 17.3 Å². The second-order valence-electron chi connectivity index (χ2n) is 8.49. The molecular formula is C24H27F2N5O3. The van der Waals surface area contributed by atoms with E-state index in [0.29, 0.717) is 18.4 Å². The fourth-order valence-electron chi connectivity index (χ4n) is 4.09. The van der Waals surface area contributed by atoms with Crippen LogP contribution in [0.4, 0.5) is 14.6 Å². The molecule has 0 unspecified atom stereocenters. The fraction of sp³-hybridized carbons (Fsp3) is 0.375. The Hall–Kier alpha value is -3.69. The Morgan fingerprint density at radius 3 is 2.53 bits per heavy atom. The van der Waals surface area contributed by atoms with E-state index in [1.165, 1.54) is 24.0 Å². The van der Waals surface area contributed by atoms with E-state index in [1.807, 2.05) is 0 Å². The zero-order valence-corrected chi connectivity index (χ0v) is 19.1. The topological polar surface area (TPSA) is 119 Å². The van der Waals surface area contributed by atoms with Gasteiger partial charge in [0.1, 0.15) is 11.5 Å². The molecule has 3 N–H and O–H groups in total. The van der Waals surface area contributed by atoms with Crippen LogP contribution in [0.15, 0.2) is 42.2 Å². The number of ketones is 1. The predicted octanol–water partition coefficient (Wildman–Crippen LogP) is 3.47. The Labute approximate surface area is 196 Å².